The van der Waals surface area contributed by atoms with Gasteiger partial charge < -0.3 is 19.7 Å². The maximum Gasteiger partial charge on any atom is 0.259 e. The lowest BCUT2D eigenvalue weighted by Gasteiger charge is -2.21. The van der Waals surface area contributed by atoms with Crippen molar-refractivity contribution in [3.05, 3.63) is 70.3 Å². The van der Waals surface area contributed by atoms with Gasteiger partial charge in [0.15, 0.2) is 11.5 Å². The molecule has 34 heavy (non-hydrogen) atoms. The number of anilines is 1. The van der Waals surface area contributed by atoms with Gasteiger partial charge in [-0.05, 0) is 43.7 Å². The van der Waals surface area contributed by atoms with Crippen LogP contribution in [0.15, 0.2) is 42.5 Å². The number of amides is 2. The highest BCUT2D eigenvalue weighted by molar-refractivity contribution is 6.33. The van der Waals surface area contributed by atoms with E-state index in [1.54, 1.807) is 44.2 Å². The van der Waals surface area contributed by atoms with Crippen LogP contribution in [0, 0.1) is 12.7 Å². The van der Waals surface area contributed by atoms with Crippen molar-refractivity contribution in [1.29, 1.82) is 0 Å². The summed E-state index contributed by atoms with van der Waals surface area (Å²) >= 11 is 6.49. The van der Waals surface area contributed by atoms with Gasteiger partial charge in [0.1, 0.15) is 30.7 Å². The topological polar surface area (TPSA) is 85.7 Å². The van der Waals surface area contributed by atoms with E-state index >= 15 is 0 Å². The molecule has 2 aromatic carbocycles. The highest BCUT2D eigenvalue weighted by atomic mass is 35.5. The van der Waals surface area contributed by atoms with E-state index < -0.39 is 5.91 Å². The summed E-state index contributed by atoms with van der Waals surface area (Å²) in [6, 6.07) is 11.1. The summed E-state index contributed by atoms with van der Waals surface area (Å²) in [4.78, 5) is 27.3. The Labute approximate surface area is 201 Å². The van der Waals surface area contributed by atoms with Gasteiger partial charge in [0, 0.05) is 18.3 Å². The summed E-state index contributed by atoms with van der Waals surface area (Å²) in [6.07, 6.45) is 0. The molecule has 0 unspecified atom stereocenters. The molecule has 0 radical (unpaired) electrons. The molecule has 1 N–H and O–H groups in total. The van der Waals surface area contributed by atoms with Crippen molar-refractivity contribution >= 4 is 29.1 Å². The molecule has 1 aromatic heterocycles. The number of nitrogens with one attached hydrogen (secondary N) is 1. The zero-order valence-electron chi connectivity index (χ0n) is 18.8. The lowest BCUT2D eigenvalue weighted by atomic mass is 10.2. The van der Waals surface area contributed by atoms with Gasteiger partial charge in [0.25, 0.3) is 5.91 Å². The number of ether oxygens (including phenoxy) is 2. The maximum atomic E-state index is 13.2. The van der Waals surface area contributed by atoms with E-state index in [1.165, 1.54) is 21.7 Å². The summed E-state index contributed by atoms with van der Waals surface area (Å²) in [5, 5.41) is 7.32. The lowest BCUT2D eigenvalue weighted by Crippen LogP contribution is -2.38. The molecular weight excluding hydrogens is 463 g/mol. The van der Waals surface area contributed by atoms with Crippen LogP contribution in [0.1, 0.15) is 28.5 Å². The molecule has 2 amide bonds. The van der Waals surface area contributed by atoms with Crippen molar-refractivity contribution in [2.75, 3.05) is 31.6 Å². The van der Waals surface area contributed by atoms with Crippen LogP contribution in [0.4, 0.5) is 10.1 Å². The largest absolute Gasteiger partial charge is 0.486 e. The molecule has 2 heterocycles. The summed E-state index contributed by atoms with van der Waals surface area (Å²) in [6.45, 7) is 4.80. The lowest BCUT2D eigenvalue weighted by molar-refractivity contribution is -0.116. The van der Waals surface area contributed by atoms with Crippen molar-refractivity contribution in [2.45, 2.75) is 20.4 Å². The molecule has 10 heteroatoms. The average Bonchev–Trinajstić information content (AvgIpc) is 3.11. The molecule has 0 bridgehead atoms. The number of carbonyl (C=O) groups is 2. The first kappa shape index (κ1) is 23.6. The first-order valence-electron chi connectivity index (χ1n) is 10.8. The van der Waals surface area contributed by atoms with Gasteiger partial charge in [-0.15, -0.1) is 0 Å². The highest BCUT2D eigenvalue weighted by Crippen LogP contribution is 2.32. The Balaban J connectivity index is 1.45. The molecular formula is C24H24ClFN4O4. The normalized spacial score (nSPS) is 12.4. The molecule has 8 nitrogen and oxygen atoms in total. The Hall–Kier alpha value is -3.59. The fourth-order valence-corrected chi connectivity index (χ4v) is 3.96. The van der Waals surface area contributed by atoms with Gasteiger partial charge >= 0.3 is 0 Å². The van der Waals surface area contributed by atoms with Gasteiger partial charge in [-0.2, -0.15) is 5.10 Å². The SMILES string of the molecule is CCN(CC(=O)Nc1ccc2c(c1)OCCO2)C(=O)c1c(C)nn(Cc2ccc(F)cc2)c1Cl. The second-order valence-corrected chi connectivity index (χ2v) is 8.12. The predicted octanol–water partition coefficient (Wildman–Crippen LogP) is 3.90. The number of hydrogen-bond donors (Lipinski definition) is 1. The Morgan fingerprint density at radius 2 is 1.85 bits per heavy atom. The number of likely N-dealkylation sites (N-methyl/N-ethyl adjacent to an activating group) is 1. The van der Waals surface area contributed by atoms with E-state index in [1.807, 2.05) is 0 Å². The van der Waals surface area contributed by atoms with Crippen LogP contribution >= 0.6 is 11.6 Å². The van der Waals surface area contributed by atoms with Crippen LogP contribution in [0.25, 0.3) is 0 Å². The number of aromatic nitrogens is 2. The van der Waals surface area contributed by atoms with Gasteiger partial charge in [-0.1, -0.05) is 23.7 Å². The van der Waals surface area contributed by atoms with E-state index in [-0.39, 0.29) is 35.5 Å². The van der Waals surface area contributed by atoms with Crippen molar-refractivity contribution in [2.24, 2.45) is 0 Å². The number of fused-ring (bicyclic) bond motifs is 1. The molecule has 0 fully saturated rings. The maximum absolute atomic E-state index is 13.2. The zero-order chi connectivity index (χ0) is 24.2. The van der Waals surface area contributed by atoms with Crippen molar-refractivity contribution in [3.63, 3.8) is 0 Å². The Kier molecular flexibility index (Phi) is 7.02. The summed E-state index contributed by atoms with van der Waals surface area (Å²) in [7, 11) is 0. The smallest absolute Gasteiger partial charge is 0.259 e. The van der Waals surface area contributed by atoms with Crippen LogP contribution in [-0.2, 0) is 11.3 Å². The fraction of sp³-hybridized carbons (Fsp3) is 0.292. The van der Waals surface area contributed by atoms with Crippen molar-refractivity contribution < 1.29 is 23.5 Å². The monoisotopic (exact) mass is 486 g/mol. The third-order valence-corrected chi connectivity index (χ3v) is 5.74. The van der Waals surface area contributed by atoms with Crippen LogP contribution in [0.2, 0.25) is 5.15 Å². The van der Waals surface area contributed by atoms with Crippen LogP contribution in [0.5, 0.6) is 11.5 Å². The molecule has 4 rings (SSSR count). The number of aryl methyl sites for hydroxylation is 1. The number of carbonyl (C=O) groups excluding carboxylic acids is 2. The second-order valence-electron chi connectivity index (χ2n) is 7.76. The standard InChI is InChI=1S/C24H24ClFN4O4/c1-3-29(14-21(31)27-18-8-9-19-20(12-18)34-11-10-33-19)24(32)22-15(2)28-30(23(22)25)13-16-4-6-17(26)7-5-16/h4-9,12H,3,10-11,13-14H2,1-2H3,(H,27,31). The average molecular weight is 487 g/mol. The first-order chi connectivity index (χ1) is 16.4. The minimum Gasteiger partial charge on any atom is -0.486 e. The molecule has 0 saturated carbocycles. The minimum absolute atomic E-state index is 0.164. The van der Waals surface area contributed by atoms with Gasteiger partial charge in [0.05, 0.1) is 17.8 Å². The third-order valence-electron chi connectivity index (χ3n) is 5.35. The van der Waals surface area contributed by atoms with Gasteiger partial charge in [-0.3, -0.25) is 9.59 Å². The fourth-order valence-electron chi connectivity index (χ4n) is 3.64. The summed E-state index contributed by atoms with van der Waals surface area (Å²) in [5.74, 6) is 0.0864. The highest BCUT2D eigenvalue weighted by Gasteiger charge is 2.26. The molecule has 1 aliphatic rings. The van der Waals surface area contributed by atoms with Crippen molar-refractivity contribution in [3.8, 4) is 11.5 Å². The molecule has 3 aromatic rings. The first-order valence-corrected chi connectivity index (χ1v) is 11.2. The Morgan fingerprint density at radius 3 is 2.56 bits per heavy atom. The number of rotatable bonds is 7. The van der Waals surface area contributed by atoms with Crippen molar-refractivity contribution in [1.82, 2.24) is 14.7 Å². The Morgan fingerprint density at radius 1 is 1.15 bits per heavy atom. The summed E-state index contributed by atoms with van der Waals surface area (Å²) in [5.41, 5.74) is 2.01. The van der Waals surface area contributed by atoms with E-state index in [4.69, 9.17) is 21.1 Å². The molecule has 0 atom stereocenters. The quantitative estimate of drug-likeness (QED) is 0.547. The molecule has 0 aliphatic carbocycles. The minimum atomic E-state index is -0.396. The van der Waals surface area contributed by atoms with E-state index in [0.29, 0.717) is 42.6 Å². The molecule has 178 valence electrons. The number of halogens is 2. The predicted molar refractivity (Wildman–Crippen MR) is 125 cm³/mol. The van der Waals surface area contributed by atoms with E-state index in [9.17, 15) is 14.0 Å². The molecule has 1 aliphatic heterocycles. The second kappa shape index (κ2) is 10.1. The summed E-state index contributed by atoms with van der Waals surface area (Å²) < 4.78 is 25.7. The van der Waals surface area contributed by atoms with Crippen LogP contribution in [0.3, 0.4) is 0 Å². The molecule has 0 spiro atoms. The Bertz CT molecular complexity index is 1210. The molecule has 0 saturated heterocycles. The number of benzene rings is 2. The van der Waals surface area contributed by atoms with Gasteiger partial charge in [0.2, 0.25) is 5.91 Å². The number of hydrogen-bond acceptors (Lipinski definition) is 5. The van der Waals surface area contributed by atoms with E-state index in [2.05, 4.69) is 10.4 Å². The number of nitrogens with zero attached hydrogens (tertiary/aromatic N) is 3. The van der Waals surface area contributed by atoms with Gasteiger partial charge in [-0.25, -0.2) is 9.07 Å². The van der Waals surface area contributed by atoms with E-state index in [0.717, 1.165) is 5.56 Å². The van der Waals surface area contributed by atoms with Crippen LogP contribution in [-0.4, -0.2) is 52.8 Å². The third kappa shape index (κ3) is 5.14. The zero-order valence-corrected chi connectivity index (χ0v) is 19.6. The van der Waals surface area contributed by atoms with Crippen LogP contribution < -0.4 is 14.8 Å².